The number of benzene rings is 1. The van der Waals surface area contributed by atoms with E-state index in [9.17, 15) is 0 Å². The van der Waals surface area contributed by atoms with Gasteiger partial charge in [-0.15, -0.1) is 0 Å². The molecule has 0 aliphatic heterocycles. The molecular formula is C11H12N4. The van der Waals surface area contributed by atoms with Crippen LogP contribution >= 0.6 is 0 Å². The third-order valence-corrected chi connectivity index (χ3v) is 2.49. The molecule has 0 aliphatic rings. The van der Waals surface area contributed by atoms with Gasteiger partial charge in [-0.05, 0) is 17.7 Å². The van der Waals surface area contributed by atoms with E-state index in [4.69, 9.17) is 11.0 Å². The molecule has 0 saturated heterocycles. The molecule has 0 spiro atoms. The highest BCUT2D eigenvalue weighted by atomic mass is 15.0. The SMILES string of the molecule is Cn1cnc2cc(C(N)CC#N)ccc21. The smallest absolute Gasteiger partial charge is 0.0955 e. The molecule has 2 aromatic rings. The van der Waals surface area contributed by atoms with Gasteiger partial charge >= 0.3 is 0 Å². The Bertz CT molecular complexity index is 521. The van der Waals surface area contributed by atoms with Crippen LogP contribution in [0.5, 0.6) is 0 Å². The van der Waals surface area contributed by atoms with Crippen molar-refractivity contribution < 1.29 is 0 Å². The summed E-state index contributed by atoms with van der Waals surface area (Å²) in [5.74, 6) is 0. The summed E-state index contributed by atoms with van der Waals surface area (Å²) in [6.07, 6.45) is 2.10. The van der Waals surface area contributed by atoms with Gasteiger partial charge < -0.3 is 10.3 Å². The van der Waals surface area contributed by atoms with Crippen LogP contribution in [0.4, 0.5) is 0 Å². The lowest BCUT2D eigenvalue weighted by molar-refractivity contribution is 0.749. The van der Waals surface area contributed by atoms with Crippen LogP contribution in [0.1, 0.15) is 18.0 Å². The molecule has 0 saturated carbocycles. The molecule has 0 amide bonds. The summed E-state index contributed by atoms with van der Waals surface area (Å²) >= 11 is 0. The van der Waals surface area contributed by atoms with Crippen molar-refractivity contribution in [3.63, 3.8) is 0 Å². The number of nitrogens with zero attached hydrogens (tertiary/aromatic N) is 3. The van der Waals surface area contributed by atoms with Crippen molar-refractivity contribution >= 4 is 11.0 Å². The Balaban J connectivity index is 2.44. The van der Waals surface area contributed by atoms with Crippen LogP contribution in [0.2, 0.25) is 0 Å². The molecule has 1 heterocycles. The van der Waals surface area contributed by atoms with Crippen LogP contribution in [0.25, 0.3) is 11.0 Å². The topological polar surface area (TPSA) is 67.6 Å². The Hall–Kier alpha value is -1.86. The zero-order valence-corrected chi connectivity index (χ0v) is 8.51. The van der Waals surface area contributed by atoms with Crippen molar-refractivity contribution in [1.29, 1.82) is 5.26 Å². The van der Waals surface area contributed by atoms with Crippen LogP contribution in [-0.4, -0.2) is 9.55 Å². The van der Waals surface area contributed by atoms with E-state index in [1.807, 2.05) is 29.8 Å². The molecular weight excluding hydrogens is 188 g/mol. The zero-order chi connectivity index (χ0) is 10.8. The Morgan fingerprint density at radius 3 is 3.13 bits per heavy atom. The Kier molecular flexibility index (Phi) is 2.40. The fraction of sp³-hybridized carbons (Fsp3) is 0.273. The number of aromatic nitrogens is 2. The normalized spacial score (nSPS) is 12.6. The first-order valence-electron chi connectivity index (χ1n) is 4.76. The van der Waals surface area contributed by atoms with E-state index >= 15 is 0 Å². The number of aryl methyl sites for hydroxylation is 1. The number of nitrogens with two attached hydrogens (primary N) is 1. The van der Waals surface area contributed by atoms with Crippen molar-refractivity contribution in [2.24, 2.45) is 12.8 Å². The van der Waals surface area contributed by atoms with Gasteiger partial charge in [0.15, 0.2) is 0 Å². The summed E-state index contributed by atoms with van der Waals surface area (Å²) < 4.78 is 1.95. The quantitative estimate of drug-likeness (QED) is 0.798. The number of fused-ring (bicyclic) bond motifs is 1. The van der Waals surface area contributed by atoms with Crippen LogP contribution in [-0.2, 0) is 7.05 Å². The average molecular weight is 200 g/mol. The molecule has 1 aromatic carbocycles. The minimum Gasteiger partial charge on any atom is -0.334 e. The van der Waals surface area contributed by atoms with Crippen molar-refractivity contribution in [2.75, 3.05) is 0 Å². The largest absolute Gasteiger partial charge is 0.334 e. The van der Waals surface area contributed by atoms with Crippen molar-refractivity contribution in [3.05, 3.63) is 30.1 Å². The fourth-order valence-corrected chi connectivity index (χ4v) is 1.60. The minimum atomic E-state index is -0.221. The maximum Gasteiger partial charge on any atom is 0.0955 e. The molecule has 2 rings (SSSR count). The van der Waals surface area contributed by atoms with Gasteiger partial charge in [-0.2, -0.15) is 5.26 Å². The standard InChI is InChI=1S/C11H12N4/c1-15-7-14-10-6-8(2-3-11(10)15)9(13)4-5-12/h2-3,6-7,9H,4,13H2,1H3. The first-order chi connectivity index (χ1) is 7.22. The van der Waals surface area contributed by atoms with E-state index in [1.165, 1.54) is 0 Å². The number of nitriles is 1. The van der Waals surface area contributed by atoms with Gasteiger partial charge in [0.1, 0.15) is 0 Å². The molecule has 0 fully saturated rings. The van der Waals surface area contributed by atoms with Gasteiger partial charge in [0.25, 0.3) is 0 Å². The summed E-state index contributed by atoms with van der Waals surface area (Å²) in [6.45, 7) is 0. The maximum absolute atomic E-state index is 8.57. The molecule has 2 N–H and O–H groups in total. The third kappa shape index (κ3) is 1.69. The van der Waals surface area contributed by atoms with E-state index < -0.39 is 0 Å². The van der Waals surface area contributed by atoms with E-state index in [2.05, 4.69) is 11.1 Å². The highest BCUT2D eigenvalue weighted by Crippen LogP contribution is 2.19. The lowest BCUT2D eigenvalue weighted by Crippen LogP contribution is -2.08. The van der Waals surface area contributed by atoms with Gasteiger partial charge in [-0.3, -0.25) is 0 Å². The van der Waals surface area contributed by atoms with Crippen LogP contribution < -0.4 is 5.73 Å². The molecule has 0 aliphatic carbocycles. The summed E-state index contributed by atoms with van der Waals surface area (Å²) in [7, 11) is 1.95. The molecule has 4 heteroatoms. The molecule has 4 nitrogen and oxygen atoms in total. The van der Waals surface area contributed by atoms with Crippen LogP contribution in [0.3, 0.4) is 0 Å². The van der Waals surface area contributed by atoms with Crippen molar-refractivity contribution in [1.82, 2.24) is 9.55 Å². The summed E-state index contributed by atoms with van der Waals surface area (Å²) in [6, 6.07) is 7.72. The van der Waals surface area contributed by atoms with E-state index in [-0.39, 0.29) is 6.04 Å². The second-order valence-electron chi connectivity index (χ2n) is 3.57. The number of rotatable bonds is 2. The molecule has 0 radical (unpaired) electrons. The lowest BCUT2D eigenvalue weighted by atomic mass is 10.0. The first-order valence-corrected chi connectivity index (χ1v) is 4.76. The third-order valence-electron chi connectivity index (χ3n) is 2.49. The highest BCUT2D eigenvalue weighted by molar-refractivity contribution is 5.76. The molecule has 15 heavy (non-hydrogen) atoms. The Labute approximate surface area is 87.9 Å². The molecule has 1 atom stereocenters. The fourth-order valence-electron chi connectivity index (χ4n) is 1.60. The average Bonchev–Trinajstić information content (AvgIpc) is 2.60. The summed E-state index contributed by atoms with van der Waals surface area (Å²) in [5.41, 5.74) is 8.80. The van der Waals surface area contributed by atoms with Crippen LogP contribution in [0.15, 0.2) is 24.5 Å². The second-order valence-corrected chi connectivity index (χ2v) is 3.57. The van der Waals surface area contributed by atoms with Crippen LogP contribution in [0, 0.1) is 11.3 Å². The highest BCUT2D eigenvalue weighted by Gasteiger charge is 2.07. The molecule has 76 valence electrons. The number of hydrogen-bond acceptors (Lipinski definition) is 3. The predicted molar refractivity (Wildman–Crippen MR) is 57.9 cm³/mol. The van der Waals surface area contributed by atoms with E-state index in [0.717, 1.165) is 16.6 Å². The predicted octanol–water partition coefficient (Wildman–Crippen LogP) is 1.49. The number of imidazole rings is 1. The number of hydrogen-bond donors (Lipinski definition) is 1. The van der Waals surface area contributed by atoms with Gasteiger partial charge in [0, 0.05) is 13.1 Å². The minimum absolute atomic E-state index is 0.221. The van der Waals surface area contributed by atoms with Gasteiger partial charge in [0.2, 0.25) is 0 Å². The molecule has 1 aromatic heterocycles. The van der Waals surface area contributed by atoms with Gasteiger partial charge in [-0.25, -0.2) is 4.98 Å². The van der Waals surface area contributed by atoms with Gasteiger partial charge in [0.05, 0.1) is 29.9 Å². The maximum atomic E-state index is 8.57. The van der Waals surface area contributed by atoms with Crippen molar-refractivity contribution in [3.8, 4) is 6.07 Å². The molecule has 0 bridgehead atoms. The zero-order valence-electron chi connectivity index (χ0n) is 8.51. The van der Waals surface area contributed by atoms with Gasteiger partial charge in [-0.1, -0.05) is 6.07 Å². The second kappa shape index (κ2) is 3.71. The lowest BCUT2D eigenvalue weighted by Gasteiger charge is -2.07. The summed E-state index contributed by atoms with van der Waals surface area (Å²) in [5, 5.41) is 8.57. The van der Waals surface area contributed by atoms with E-state index in [0.29, 0.717) is 6.42 Å². The first kappa shape index (κ1) is 9.69. The Morgan fingerprint density at radius 1 is 1.60 bits per heavy atom. The Morgan fingerprint density at radius 2 is 2.40 bits per heavy atom. The van der Waals surface area contributed by atoms with E-state index in [1.54, 1.807) is 6.33 Å². The summed E-state index contributed by atoms with van der Waals surface area (Å²) in [4.78, 5) is 4.25. The van der Waals surface area contributed by atoms with Crippen molar-refractivity contribution in [2.45, 2.75) is 12.5 Å². The monoisotopic (exact) mass is 200 g/mol. The molecule has 1 unspecified atom stereocenters.